The molecule has 0 saturated heterocycles. The zero-order valence-electron chi connectivity index (χ0n) is 12.3. The van der Waals surface area contributed by atoms with Crippen molar-refractivity contribution >= 4 is 33.0 Å². The minimum absolute atomic E-state index is 0.0844. The third-order valence-electron chi connectivity index (χ3n) is 3.56. The molecule has 0 heterocycles. The second-order valence-corrected chi connectivity index (χ2v) is 7.28. The number of sulfonamides is 1. The number of hydrogen-bond acceptors (Lipinski definition) is 3. The van der Waals surface area contributed by atoms with Crippen LogP contribution in [-0.4, -0.2) is 20.1 Å². The lowest BCUT2D eigenvalue weighted by molar-refractivity contribution is 0.598. The lowest BCUT2D eigenvalue weighted by Crippen LogP contribution is -2.29. The van der Waals surface area contributed by atoms with Gasteiger partial charge >= 0.3 is 0 Å². The summed E-state index contributed by atoms with van der Waals surface area (Å²) in [6.07, 6.45) is 8.29. The van der Waals surface area contributed by atoms with Gasteiger partial charge in [-0.15, -0.1) is 0 Å². The van der Waals surface area contributed by atoms with Crippen LogP contribution in [0.25, 0.3) is 0 Å². The highest BCUT2D eigenvalue weighted by Gasteiger charge is 2.07. The second-order valence-electron chi connectivity index (χ2n) is 5.31. The van der Waals surface area contributed by atoms with Crippen LogP contribution in [0.3, 0.4) is 0 Å². The number of nitrogens with one attached hydrogen (secondary N) is 2. The Balaban J connectivity index is 1.78. The van der Waals surface area contributed by atoms with E-state index < -0.39 is 10.0 Å². The summed E-state index contributed by atoms with van der Waals surface area (Å²) in [5.41, 5.74) is 2.22. The first-order valence-corrected chi connectivity index (χ1v) is 9.26. The average molecular weight is 339 g/mol. The normalized spacial score (nSPS) is 15.0. The first-order valence-electron chi connectivity index (χ1n) is 7.31. The summed E-state index contributed by atoms with van der Waals surface area (Å²) < 4.78 is 22.3. The van der Waals surface area contributed by atoms with Crippen molar-refractivity contribution < 1.29 is 8.42 Å². The van der Waals surface area contributed by atoms with E-state index in [2.05, 4.69) is 16.7 Å². The van der Waals surface area contributed by atoms with E-state index in [0.29, 0.717) is 5.11 Å². The highest BCUT2D eigenvalue weighted by molar-refractivity contribution is 7.89. The molecule has 4 N–H and O–H groups in total. The molecule has 0 atom stereocenters. The highest BCUT2D eigenvalue weighted by Crippen LogP contribution is 2.19. The van der Waals surface area contributed by atoms with Crippen LogP contribution in [0.1, 0.15) is 32.1 Å². The van der Waals surface area contributed by atoms with E-state index in [4.69, 9.17) is 17.4 Å². The number of hydrogen-bond donors (Lipinski definition) is 3. The summed E-state index contributed by atoms with van der Waals surface area (Å²) in [6, 6.07) is 6.18. The topological polar surface area (TPSA) is 84.2 Å². The molecule has 0 unspecified atom stereocenters. The minimum atomic E-state index is -3.66. The summed E-state index contributed by atoms with van der Waals surface area (Å²) in [6.45, 7) is 0.799. The molecule has 0 fully saturated rings. The van der Waals surface area contributed by atoms with Crippen LogP contribution in [0, 0.1) is 0 Å². The number of allylic oxidation sites excluding steroid dienone is 1. The van der Waals surface area contributed by atoms with Crippen molar-refractivity contribution in [1.82, 2.24) is 5.32 Å². The first-order chi connectivity index (χ1) is 10.4. The van der Waals surface area contributed by atoms with E-state index in [1.165, 1.54) is 43.4 Å². The Morgan fingerprint density at radius 1 is 1.23 bits per heavy atom. The smallest absolute Gasteiger partial charge is 0.238 e. The Morgan fingerprint density at radius 2 is 1.95 bits per heavy atom. The van der Waals surface area contributed by atoms with Crippen molar-refractivity contribution in [3.8, 4) is 0 Å². The fourth-order valence-corrected chi connectivity index (χ4v) is 3.11. The van der Waals surface area contributed by atoms with Crippen molar-refractivity contribution in [2.24, 2.45) is 5.14 Å². The van der Waals surface area contributed by atoms with Gasteiger partial charge in [0.2, 0.25) is 10.0 Å². The van der Waals surface area contributed by atoms with Crippen LogP contribution in [0.4, 0.5) is 5.69 Å². The standard InChI is InChI=1S/C15H21N3O2S2/c16-22(19,20)14-8-6-13(7-9-14)18-15(21)17-11-10-12-4-2-1-3-5-12/h4,6-9H,1-3,5,10-11H2,(H2,16,19,20)(H2,17,18,21). The van der Waals surface area contributed by atoms with Gasteiger partial charge in [-0.3, -0.25) is 0 Å². The van der Waals surface area contributed by atoms with Crippen LogP contribution in [-0.2, 0) is 10.0 Å². The molecule has 0 amide bonds. The van der Waals surface area contributed by atoms with Gasteiger partial charge in [-0.25, -0.2) is 13.6 Å². The number of rotatable bonds is 5. The quantitative estimate of drug-likeness (QED) is 0.567. The van der Waals surface area contributed by atoms with Gasteiger partial charge in [-0.2, -0.15) is 0 Å². The molecule has 2 rings (SSSR count). The molecule has 1 aromatic carbocycles. The SMILES string of the molecule is NS(=O)(=O)c1ccc(NC(=S)NCCC2=CCCCC2)cc1. The lowest BCUT2D eigenvalue weighted by Gasteiger charge is -2.14. The van der Waals surface area contributed by atoms with Crippen molar-refractivity contribution in [2.75, 3.05) is 11.9 Å². The maximum absolute atomic E-state index is 11.2. The zero-order chi connectivity index (χ0) is 16.0. The van der Waals surface area contributed by atoms with E-state index in [9.17, 15) is 8.42 Å². The van der Waals surface area contributed by atoms with E-state index in [1.807, 2.05) is 0 Å². The Morgan fingerprint density at radius 3 is 2.55 bits per heavy atom. The molecule has 5 nitrogen and oxygen atoms in total. The molecule has 120 valence electrons. The number of anilines is 1. The molecule has 0 aliphatic heterocycles. The summed E-state index contributed by atoms with van der Waals surface area (Å²) >= 11 is 5.22. The molecule has 0 bridgehead atoms. The average Bonchev–Trinajstić information content (AvgIpc) is 2.48. The summed E-state index contributed by atoms with van der Waals surface area (Å²) in [5, 5.41) is 11.8. The van der Waals surface area contributed by atoms with Gasteiger partial charge in [-0.1, -0.05) is 11.6 Å². The van der Waals surface area contributed by atoms with Gasteiger partial charge < -0.3 is 10.6 Å². The van der Waals surface area contributed by atoms with Crippen LogP contribution in [0.5, 0.6) is 0 Å². The Hall–Kier alpha value is -1.44. The number of benzene rings is 1. The third kappa shape index (κ3) is 5.40. The second kappa shape index (κ2) is 7.71. The molecule has 0 saturated carbocycles. The zero-order valence-corrected chi connectivity index (χ0v) is 14.0. The van der Waals surface area contributed by atoms with Crippen molar-refractivity contribution in [3.63, 3.8) is 0 Å². The van der Waals surface area contributed by atoms with Crippen LogP contribution >= 0.6 is 12.2 Å². The predicted molar refractivity (Wildman–Crippen MR) is 93.2 cm³/mol. The molecule has 1 aliphatic rings. The first kappa shape index (κ1) is 16.9. The highest BCUT2D eigenvalue weighted by atomic mass is 32.2. The summed E-state index contributed by atoms with van der Waals surface area (Å²) in [5.74, 6) is 0. The molecule has 0 spiro atoms. The molecule has 1 aliphatic carbocycles. The molecule has 7 heteroatoms. The molecule has 22 heavy (non-hydrogen) atoms. The predicted octanol–water partition coefficient (Wildman–Crippen LogP) is 2.51. The van der Waals surface area contributed by atoms with E-state index in [1.54, 1.807) is 12.1 Å². The van der Waals surface area contributed by atoms with E-state index >= 15 is 0 Å². The number of primary sulfonamides is 1. The van der Waals surface area contributed by atoms with Crippen molar-refractivity contribution in [3.05, 3.63) is 35.9 Å². The van der Waals surface area contributed by atoms with E-state index in [-0.39, 0.29) is 4.90 Å². The lowest BCUT2D eigenvalue weighted by atomic mass is 9.97. The van der Waals surface area contributed by atoms with Crippen LogP contribution in [0.15, 0.2) is 40.8 Å². The summed E-state index contributed by atoms with van der Waals surface area (Å²) in [4.78, 5) is 0.0844. The molecular weight excluding hydrogens is 318 g/mol. The van der Waals surface area contributed by atoms with Crippen LogP contribution in [0.2, 0.25) is 0 Å². The van der Waals surface area contributed by atoms with Gasteiger partial charge in [0, 0.05) is 12.2 Å². The van der Waals surface area contributed by atoms with Gasteiger partial charge in [0.05, 0.1) is 4.90 Å². The van der Waals surface area contributed by atoms with Crippen LogP contribution < -0.4 is 15.8 Å². The maximum atomic E-state index is 11.2. The van der Waals surface area contributed by atoms with Crippen molar-refractivity contribution in [1.29, 1.82) is 0 Å². The maximum Gasteiger partial charge on any atom is 0.238 e. The van der Waals surface area contributed by atoms with Gasteiger partial charge in [-0.05, 0) is 68.6 Å². The monoisotopic (exact) mass is 339 g/mol. The Labute approximate surface area is 137 Å². The Bertz CT molecular complexity index is 652. The fourth-order valence-electron chi connectivity index (χ4n) is 2.37. The molecule has 1 aromatic rings. The number of nitrogens with two attached hydrogens (primary N) is 1. The fraction of sp³-hybridized carbons (Fsp3) is 0.400. The third-order valence-corrected chi connectivity index (χ3v) is 4.73. The minimum Gasteiger partial charge on any atom is -0.362 e. The van der Waals surface area contributed by atoms with Crippen molar-refractivity contribution in [2.45, 2.75) is 37.0 Å². The van der Waals surface area contributed by atoms with E-state index in [0.717, 1.165) is 18.7 Å². The van der Waals surface area contributed by atoms with Gasteiger partial charge in [0.15, 0.2) is 5.11 Å². The van der Waals surface area contributed by atoms with Gasteiger partial charge in [0.25, 0.3) is 0 Å². The largest absolute Gasteiger partial charge is 0.362 e. The van der Waals surface area contributed by atoms with Gasteiger partial charge in [0.1, 0.15) is 0 Å². The summed E-state index contributed by atoms with van der Waals surface area (Å²) in [7, 11) is -3.66. The molecule has 0 radical (unpaired) electrons. The molecule has 0 aromatic heterocycles. The molecular formula is C15H21N3O2S2. The Kier molecular flexibility index (Phi) is 5.93. The number of thiocarbonyl (C=S) groups is 1.